The fraction of sp³-hybridized carbons (Fsp3) is 0.818. The van der Waals surface area contributed by atoms with Crippen molar-refractivity contribution in [2.75, 3.05) is 25.6 Å². The summed E-state index contributed by atoms with van der Waals surface area (Å²) in [5.41, 5.74) is 0. The quantitative estimate of drug-likeness (QED) is 0.491. The maximum Gasteiger partial charge on any atom is 0.147 e. The Hall–Kier alpha value is -0.0400. The van der Waals surface area contributed by atoms with Crippen molar-refractivity contribution in [1.29, 1.82) is 0 Å². The first-order valence-electron chi connectivity index (χ1n) is 5.12. The van der Waals surface area contributed by atoms with Gasteiger partial charge in [-0.05, 0) is 27.9 Å². The molecule has 0 fully saturated rings. The van der Waals surface area contributed by atoms with Gasteiger partial charge in [-0.1, -0.05) is 29.0 Å². The van der Waals surface area contributed by atoms with Gasteiger partial charge >= 0.3 is 0 Å². The van der Waals surface area contributed by atoms with Crippen LogP contribution in [-0.2, 0) is 9.59 Å². The number of Topliss-reactive ketones (excluding diaryl/α,β-unsaturated/α-hetero) is 2. The molecular weight excluding hydrogens is 256 g/mol. The minimum Gasteiger partial charge on any atom is -0.310 e. The standard InChI is InChI=1S/C10H20N2O2S2.CH4/c1-7(13)9(11-3)5-15-16-6-10(12-4)8(2)14;/h9-12H,5-6H2,1-4H3;1H4/t9-,10-;/m0./s1. The first-order chi connectivity index (χ1) is 7.52. The average molecular weight is 280 g/mol. The molecule has 17 heavy (non-hydrogen) atoms. The molecule has 2 atom stereocenters. The molecule has 0 aromatic carbocycles. The normalized spacial score (nSPS) is 13.6. The molecule has 6 heteroatoms. The number of nitrogens with one attached hydrogen (secondary N) is 2. The second-order valence-corrected chi connectivity index (χ2v) is 6.03. The predicted molar refractivity (Wildman–Crippen MR) is 78.7 cm³/mol. The predicted octanol–water partition coefficient (Wildman–Crippen LogP) is 1.36. The van der Waals surface area contributed by atoms with E-state index in [1.807, 2.05) is 0 Å². The topological polar surface area (TPSA) is 58.2 Å². The molecule has 0 rings (SSSR count). The Kier molecular flexibility index (Phi) is 12.6. The highest BCUT2D eigenvalue weighted by molar-refractivity contribution is 8.76. The van der Waals surface area contributed by atoms with Gasteiger partial charge in [0.15, 0.2) is 0 Å². The van der Waals surface area contributed by atoms with Crippen LogP contribution < -0.4 is 10.6 Å². The minimum atomic E-state index is -0.0946. The summed E-state index contributed by atoms with van der Waals surface area (Å²) < 4.78 is 0. The minimum absolute atomic E-state index is 0. The number of hydrogen-bond acceptors (Lipinski definition) is 6. The molecule has 0 saturated carbocycles. The van der Waals surface area contributed by atoms with E-state index in [1.165, 1.54) is 0 Å². The zero-order valence-electron chi connectivity index (χ0n) is 10.2. The highest BCUT2D eigenvalue weighted by Crippen LogP contribution is 2.23. The van der Waals surface area contributed by atoms with Crippen LogP contribution in [-0.4, -0.2) is 49.3 Å². The molecule has 0 radical (unpaired) electrons. The molecule has 4 nitrogen and oxygen atoms in total. The van der Waals surface area contributed by atoms with Crippen molar-refractivity contribution in [3.63, 3.8) is 0 Å². The first-order valence-corrected chi connectivity index (χ1v) is 7.61. The largest absolute Gasteiger partial charge is 0.310 e. The summed E-state index contributed by atoms with van der Waals surface area (Å²) in [7, 11) is 6.79. The van der Waals surface area contributed by atoms with Crippen LogP contribution in [0.4, 0.5) is 0 Å². The molecule has 0 heterocycles. The highest BCUT2D eigenvalue weighted by atomic mass is 33.1. The smallest absolute Gasteiger partial charge is 0.147 e. The third-order valence-electron chi connectivity index (χ3n) is 2.23. The molecule has 0 aromatic heterocycles. The van der Waals surface area contributed by atoms with E-state index in [1.54, 1.807) is 49.5 Å². The Morgan fingerprint density at radius 1 is 0.941 bits per heavy atom. The summed E-state index contributed by atoms with van der Waals surface area (Å²) in [5.74, 6) is 1.75. The summed E-state index contributed by atoms with van der Waals surface area (Å²) in [6, 6.07) is -0.189. The lowest BCUT2D eigenvalue weighted by molar-refractivity contribution is -0.119. The van der Waals surface area contributed by atoms with E-state index in [-0.39, 0.29) is 31.1 Å². The zero-order valence-corrected chi connectivity index (χ0v) is 11.8. The maximum absolute atomic E-state index is 11.1. The van der Waals surface area contributed by atoms with Crippen LogP contribution in [0.25, 0.3) is 0 Å². The van der Waals surface area contributed by atoms with Gasteiger partial charge in [-0.2, -0.15) is 0 Å². The van der Waals surface area contributed by atoms with Crippen LogP contribution in [0.15, 0.2) is 0 Å². The van der Waals surface area contributed by atoms with E-state index in [9.17, 15) is 9.59 Å². The molecule has 0 aliphatic heterocycles. The van der Waals surface area contributed by atoms with Crippen molar-refractivity contribution in [3.8, 4) is 0 Å². The third kappa shape index (κ3) is 8.65. The van der Waals surface area contributed by atoms with E-state index in [2.05, 4.69) is 10.6 Å². The third-order valence-corrected chi connectivity index (χ3v) is 4.65. The van der Waals surface area contributed by atoms with Gasteiger partial charge in [-0.25, -0.2) is 0 Å². The van der Waals surface area contributed by atoms with Crippen molar-refractivity contribution in [2.45, 2.75) is 33.4 Å². The van der Waals surface area contributed by atoms with Crippen LogP contribution in [0.3, 0.4) is 0 Å². The first kappa shape index (κ1) is 19.3. The van der Waals surface area contributed by atoms with E-state index in [4.69, 9.17) is 0 Å². The Bertz CT molecular complexity index is 214. The van der Waals surface area contributed by atoms with Crippen molar-refractivity contribution in [2.24, 2.45) is 0 Å². The number of ketones is 2. The SMILES string of the molecule is C.CN[C@@H](CSSC[C@H](NC)C(C)=O)C(C)=O. The number of hydrogen-bond donors (Lipinski definition) is 2. The lowest BCUT2D eigenvalue weighted by Gasteiger charge is -2.14. The zero-order chi connectivity index (χ0) is 12.6. The number of likely N-dealkylation sites (N-methyl/N-ethyl adjacent to an activating group) is 2. The van der Waals surface area contributed by atoms with Crippen molar-refractivity contribution in [1.82, 2.24) is 10.6 Å². The van der Waals surface area contributed by atoms with Gasteiger partial charge < -0.3 is 10.6 Å². The Morgan fingerprint density at radius 3 is 1.41 bits per heavy atom. The van der Waals surface area contributed by atoms with E-state index >= 15 is 0 Å². The highest BCUT2D eigenvalue weighted by Gasteiger charge is 2.14. The Labute approximate surface area is 112 Å². The average Bonchev–Trinajstić information content (AvgIpc) is 2.22. The summed E-state index contributed by atoms with van der Waals surface area (Å²) in [6.07, 6.45) is 0. The molecule has 0 aromatic rings. The van der Waals surface area contributed by atoms with Crippen LogP contribution in [0, 0.1) is 0 Å². The fourth-order valence-electron chi connectivity index (χ4n) is 1.04. The van der Waals surface area contributed by atoms with Crippen molar-refractivity contribution >= 4 is 33.2 Å². The Morgan fingerprint density at radius 2 is 1.24 bits per heavy atom. The molecule has 102 valence electrons. The van der Waals surface area contributed by atoms with E-state index in [0.717, 1.165) is 11.5 Å². The number of carbonyl (C=O) groups excluding carboxylic acids is 2. The van der Waals surface area contributed by atoms with E-state index in [0.29, 0.717) is 0 Å². The molecular formula is C11H24N2O2S2. The Balaban J connectivity index is 0. The second-order valence-electron chi connectivity index (χ2n) is 3.47. The second kappa shape index (κ2) is 11.1. The van der Waals surface area contributed by atoms with Crippen LogP contribution in [0.5, 0.6) is 0 Å². The molecule has 0 saturated heterocycles. The van der Waals surface area contributed by atoms with Gasteiger partial charge in [-0.3, -0.25) is 9.59 Å². The summed E-state index contributed by atoms with van der Waals surface area (Å²) in [5, 5.41) is 5.92. The van der Waals surface area contributed by atoms with Crippen LogP contribution in [0.1, 0.15) is 21.3 Å². The lowest BCUT2D eigenvalue weighted by atomic mass is 10.2. The van der Waals surface area contributed by atoms with Gasteiger partial charge in [-0.15, -0.1) is 0 Å². The molecule has 0 spiro atoms. The molecule has 0 amide bonds. The monoisotopic (exact) mass is 280 g/mol. The van der Waals surface area contributed by atoms with Crippen LogP contribution >= 0.6 is 21.6 Å². The molecule has 0 unspecified atom stereocenters. The summed E-state index contributed by atoms with van der Waals surface area (Å²) in [4.78, 5) is 22.2. The van der Waals surface area contributed by atoms with Gasteiger partial charge in [0.05, 0.1) is 12.1 Å². The summed E-state index contributed by atoms with van der Waals surface area (Å²) in [6.45, 7) is 3.16. The molecule has 0 bridgehead atoms. The van der Waals surface area contributed by atoms with Crippen molar-refractivity contribution < 1.29 is 9.59 Å². The molecule has 0 aliphatic rings. The molecule has 2 N–H and O–H groups in total. The fourth-order valence-corrected chi connectivity index (χ4v) is 3.70. The number of carbonyl (C=O) groups is 2. The maximum atomic E-state index is 11.1. The van der Waals surface area contributed by atoms with Gasteiger partial charge in [0, 0.05) is 11.5 Å². The number of rotatable bonds is 9. The van der Waals surface area contributed by atoms with Crippen LogP contribution in [0.2, 0.25) is 0 Å². The molecule has 0 aliphatic carbocycles. The lowest BCUT2D eigenvalue weighted by Crippen LogP contribution is -2.35. The summed E-state index contributed by atoms with van der Waals surface area (Å²) >= 11 is 0. The van der Waals surface area contributed by atoms with Crippen molar-refractivity contribution in [3.05, 3.63) is 0 Å². The van der Waals surface area contributed by atoms with Gasteiger partial charge in [0.25, 0.3) is 0 Å². The van der Waals surface area contributed by atoms with Gasteiger partial charge in [0.2, 0.25) is 0 Å². The van der Waals surface area contributed by atoms with E-state index < -0.39 is 0 Å². The van der Waals surface area contributed by atoms with Gasteiger partial charge in [0.1, 0.15) is 11.6 Å².